The Bertz CT molecular complexity index is 458. The molecule has 118 valence electrons. The van der Waals surface area contributed by atoms with Crippen LogP contribution in [0.25, 0.3) is 0 Å². The molecule has 3 nitrogen and oxygen atoms in total. The Morgan fingerprint density at radius 3 is 2.38 bits per heavy atom. The third-order valence-electron chi connectivity index (χ3n) is 4.51. The first kappa shape index (κ1) is 16.1. The van der Waals surface area contributed by atoms with Crippen LogP contribution in [-0.4, -0.2) is 14.2 Å². The zero-order valence-corrected chi connectivity index (χ0v) is 13.0. The molecule has 1 unspecified atom stereocenters. The maximum atomic E-state index is 14.2. The number of methoxy groups -OCH3 is 2. The van der Waals surface area contributed by atoms with Gasteiger partial charge in [0.15, 0.2) is 11.5 Å². The Morgan fingerprint density at radius 2 is 1.76 bits per heavy atom. The van der Waals surface area contributed by atoms with Crippen molar-refractivity contribution in [3.05, 3.63) is 23.5 Å². The molecule has 0 radical (unpaired) electrons. The van der Waals surface area contributed by atoms with E-state index in [2.05, 4.69) is 0 Å². The van der Waals surface area contributed by atoms with Crippen molar-refractivity contribution in [2.45, 2.75) is 51.0 Å². The lowest BCUT2D eigenvalue weighted by molar-refractivity contribution is 0.322. The fourth-order valence-electron chi connectivity index (χ4n) is 3.20. The summed E-state index contributed by atoms with van der Waals surface area (Å²) in [6, 6.07) is 2.74. The fraction of sp³-hybridized carbons (Fsp3) is 0.647. The van der Waals surface area contributed by atoms with Crippen LogP contribution in [0.5, 0.6) is 11.5 Å². The Hall–Kier alpha value is -1.29. The second-order valence-corrected chi connectivity index (χ2v) is 5.92. The van der Waals surface area contributed by atoms with Crippen molar-refractivity contribution in [3.8, 4) is 11.5 Å². The molecule has 1 aromatic rings. The molecule has 2 rings (SSSR count). The average Bonchev–Trinajstić information content (AvgIpc) is 2.53. The van der Waals surface area contributed by atoms with Crippen molar-refractivity contribution in [2.24, 2.45) is 11.7 Å². The van der Waals surface area contributed by atoms with E-state index in [9.17, 15) is 4.39 Å². The van der Waals surface area contributed by atoms with Crippen LogP contribution < -0.4 is 15.2 Å². The molecule has 1 atom stereocenters. The summed E-state index contributed by atoms with van der Waals surface area (Å²) in [5.74, 6) is 1.37. The van der Waals surface area contributed by atoms with E-state index in [0.29, 0.717) is 17.1 Å². The highest BCUT2D eigenvalue weighted by Crippen LogP contribution is 2.34. The molecule has 4 heteroatoms. The summed E-state index contributed by atoms with van der Waals surface area (Å²) in [6.45, 7) is 0. The van der Waals surface area contributed by atoms with E-state index in [0.717, 1.165) is 18.8 Å². The number of rotatable bonds is 6. The highest BCUT2D eigenvalue weighted by Gasteiger charge is 2.19. The van der Waals surface area contributed by atoms with E-state index < -0.39 is 0 Å². The number of halogens is 1. The topological polar surface area (TPSA) is 44.5 Å². The molecule has 0 bridgehead atoms. The molecule has 0 spiro atoms. The van der Waals surface area contributed by atoms with Gasteiger partial charge in [-0.1, -0.05) is 32.1 Å². The largest absolute Gasteiger partial charge is 0.493 e. The lowest BCUT2D eigenvalue weighted by Crippen LogP contribution is -2.15. The first-order chi connectivity index (χ1) is 10.2. The quantitative estimate of drug-likeness (QED) is 0.855. The van der Waals surface area contributed by atoms with Crippen LogP contribution in [0, 0.1) is 11.7 Å². The maximum Gasteiger partial charge on any atom is 0.163 e. The summed E-state index contributed by atoms with van der Waals surface area (Å²) in [4.78, 5) is 0. The van der Waals surface area contributed by atoms with E-state index in [1.165, 1.54) is 45.3 Å². The van der Waals surface area contributed by atoms with Crippen LogP contribution in [0.4, 0.5) is 4.39 Å². The van der Waals surface area contributed by atoms with Crippen LogP contribution in [0.2, 0.25) is 0 Å². The molecule has 1 aliphatic carbocycles. The lowest BCUT2D eigenvalue weighted by Gasteiger charge is -2.23. The number of ether oxygens (including phenoxy) is 2. The van der Waals surface area contributed by atoms with Gasteiger partial charge in [0.2, 0.25) is 0 Å². The third kappa shape index (κ3) is 4.10. The second kappa shape index (κ2) is 7.64. The standard InChI is InChI=1S/C17H26FNO2/c1-20-16-10-13(14(18)11-17(16)21-2)15(19)9-8-12-6-4-3-5-7-12/h10-12,15H,3-9,19H2,1-2H3. The van der Waals surface area contributed by atoms with Gasteiger partial charge >= 0.3 is 0 Å². The van der Waals surface area contributed by atoms with Gasteiger partial charge < -0.3 is 15.2 Å². The van der Waals surface area contributed by atoms with Gasteiger partial charge in [0.25, 0.3) is 0 Å². The molecule has 0 amide bonds. The SMILES string of the molecule is COc1cc(F)c(C(N)CCC2CCCCC2)cc1OC. The van der Waals surface area contributed by atoms with E-state index >= 15 is 0 Å². The van der Waals surface area contributed by atoms with Gasteiger partial charge in [0.1, 0.15) is 5.82 Å². The molecule has 1 aromatic carbocycles. The summed E-state index contributed by atoms with van der Waals surface area (Å²) >= 11 is 0. The first-order valence-electron chi connectivity index (χ1n) is 7.82. The van der Waals surface area contributed by atoms with Crippen molar-refractivity contribution in [1.82, 2.24) is 0 Å². The zero-order chi connectivity index (χ0) is 15.2. The Morgan fingerprint density at radius 1 is 1.14 bits per heavy atom. The Balaban J connectivity index is 2.02. The van der Waals surface area contributed by atoms with Gasteiger partial charge in [-0.15, -0.1) is 0 Å². The predicted molar refractivity (Wildman–Crippen MR) is 82.2 cm³/mol. The van der Waals surface area contributed by atoms with Gasteiger partial charge in [-0.3, -0.25) is 0 Å². The number of hydrogen-bond acceptors (Lipinski definition) is 3. The number of nitrogens with two attached hydrogens (primary N) is 1. The smallest absolute Gasteiger partial charge is 0.163 e. The molecular weight excluding hydrogens is 269 g/mol. The van der Waals surface area contributed by atoms with Crippen LogP contribution >= 0.6 is 0 Å². The molecule has 2 N–H and O–H groups in total. The van der Waals surface area contributed by atoms with Crippen molar-refractivity contribution >= 4 is 0 Å². The van der Waals surface area contributed by atoms with Gasteiger partial charge in [0.05, 0.1) is 14.2 Å². The number of hydrogen-bond donors (Lipinski definition) is 1. The molecular formula is C17H26FNO2. The molecule has 0 aromatic heterocycles. The average molecular weight is 295 g/mol. The Kier molecular flexibility index (Phi) is 5.85. The van der Waals surface area contributed by atoms with Crippen molar-refractivity contribution in [3.63, 3.8) is 0 Å². The highest BCUT2D eigenvalue weighted by atomic mass is 19.1. The minimum absolute atomic E-state index is 0.285. The monoisotopic (exact) mass is 295 g/mol. The summed E-state index contributed by atoms with van der Waals surface area (Å²) in [7, 11) is 3.05. The normalized spacial score (nSPS) is 17.5. The highest BCUT2D eigenvalue weighted by molar-refractivity contribution is 5.44. The third-order valence-corrected chi connectivity index (χ3v) is 4.51. The first-order valence-corrected chi connectivity index (χ1v) is 7.82. The van der Waals surface area contributed by atoms with Gasteiger partial charge in [-0.05, 0) is 24.8 Å². The van der Waals surface area contributed by atoms with Crippen LogP contribution in [0.3, 0.4) is 0 Å². The van der Waals surface area contributed by atoms with E-state index in [4.69, 9.17) is 15.2 Å². The van der Waals surface area contributed by atoms with E-state index in [-0.39, 0.29) is 11.9 Å². The molecule has 1 saturated carbocycles. The lowest BCUT2D eigenvalue weighted by atomic mass is 9.84. The summed E-state index contributed by atoms with van der Waals surface area (Å²) < 4.78 is 24.5. The summed E-state index contributed by atoms with van der Waals surface area (Å²) in [5, 5.41) is 0. The predicted octanol–water partition coefficient (Wildman–Crippen LogP) is 4.20. The fourth-order valence-corrected chi connectivity index (χ4v) is 3.20. The maximum absolute atomic E-state index is 14.2. The molecule has 0 saturated heterocycles. The molecule has 21 heavy (non-hydrogen) atoms. The van der Waals surface area contributed by atoms with Crippen molar-refractivity contribution in [1.29, 1.82) is 0 Å². The van der Waals surface area contributed by atoms with E-state index in [1.807, 2.05) is 0 Å². The minimum atomic E-state index is -0.316. The molecule has 1 aliphatic rings. The minimum Gasteiger partial charge on any atom is -0.493 e. The summed E-state index contributed by atoms with van der Waals surface area (Å²) in [5.41, 5.74) is 6.71. The van der Waals surface area contributed by atoms with Crippen molar-refractivity contribution < 1.29 is 13.9 Å². The van der Waals surface area contributed by atoms with Crippen molar-refractivity contribution in [2.75, 3.05) is 14.2 Å². The Labute approximate surface area is 126 Å². The van der Waals surface area contributed by atoms with Gasteiger partial charge in [-0.25, -0.2) is 4.39 Å². The van der Waals surface area contributed by atoms with Crippen LogP contribution in [0.15, 0.2) is 12.1 Å². The zero-order valence-electron chi connectivity index (χ0n) is 13.0. The number of benzene rings is 1. The molecule has 0 heterocycles. The van der Waals surface area contributed by atoms with Crippen LogP contribution in [-0.2, 0) is 0 Å². The van der Waals surface area contributed by atoms with Gasteiger partial charge in [-0.2, -0.15) is 0 Å². The van der Waals surface area contributed by atoms with E-state index in [1.54, 1.807) is 13.2 Å². The second-order valence-electron chi connectivity index (χ2n) is 5.92. The molecule has 0 aliphatic heterocycles. The van der Waals surface area contributed by atoms with Crippen LogP contribution in [0.1, 0.15) is 56.6 Å². The molecule has 1 fully saturated rings. The summed E-state index contributed by atoms with van der Waals surface area (Å²) in [6.07, 6.45) is 8.48. The van der Waals surface area contributed by atoms with Gasteiger partial charge in [0, 0.05) is 17.7 Å².